The smallest absolute Gasteiger partial charge is 0.251 e. The van der Waals surface area contributed by atoms with Crippen LogP contribution in [0.25, 0.3) is 0 Å². The molecule has 1 aliphatic rings. The first-order valence-electron chi connectivity index (χ1n) is 7.12. The van der Waals surface area contributed by atoms with Crippen LogP contribution in [0.15, 0.2) is 36.4 Å². The van der Waals surface area contributed by atoms with Crippen molar-refractivity contribution in [2.45, 2.75) is 13.0 Å². The lowest BCUT2D eigenvalue weighted by molar-refractivity contribution is 0.0939. The van der Waals surface area contributed by atoms with Gasteiger partial charge >= 0.3 is 0 Å². The molecular weight excluding hydrogens is 301 g/mol. The molecule has 120 valence electrons. The normalized spacial score (nSPS) is 13.5. The summed E-state index contributed by atoms with van der Waals surface area (Å²) in [7, 11) is 1.41. The molecule has 1 aliphatic heterocycles. The standard InChI is InChI=1S/C17H16FNO4/c1-10(11-3-5-14(21-2)13(18)7-11)19-17(20)12-4-6-15-16(8-12)23-9-22-15/h3-8,10H,9H2,1-2H3,(H,19,20)/t10-/m1/s1. The van der Waals surface area contributed by atoms with Crippen LogP contribution in [-0.4, -0.2) is 19.8 Å². The van der Waals surface area contributed by atoms with Crippen LogP contribution < -0.4 is 19.5 Å². The van der Waals surface area contributed by atoms with Crippen molar-refractivity contribution in [3.8, 4) is 17.2 Å². The van der Waals surface area contributed by atoms with Gasteiger partial charge in [-0.1, -0.05) is 6.07 Å². The molecule has 2 aromatic carbocycles. The largest absolute Gasteiger partial charge is 0.494 e. The van der Waals surface area contributed by atoms with Crippen molar-refractivity contribution in [1.82, 2.24) is 5.32 Å². The van der Waals surface area contributed by atoms with E-state index in [2.05, 4.69) is 5.32 Å². The average molecular weight is 317 g/mol. The third-order valence-electron chi connectivity index (χ3n) is 3.66. The Kier molecular flexibility index (Phi) is 4.06. The number of amides is 1. The summed E-state index contributed by atoms with van der Waals surface area (Å²) < 4.78 is 29.1. The maximum atomic E-state index is 13.8. The minimum absolute atomic E-state index is 0.155. The summed E-state index contributed by atoms with van der Waals surface area (Å²) in [5, 5.41) is 2.83. The lowest BCUT2D eigenvalue weighted by Crippen LogP contribution is -2.26. The van der Waals surface area contributed by atoms with Crippen LogP contribution in [0.1, 0.15) is 28.9 Å². The van der Waals surface area contributed by atoms with Gasteiger partial charge in [-0.25, -0.2) is 4.39 Å². The number of benzene rings is 2. The first kappa shape index (κ1) is 15.1. The van der Waals surface area contributed by atoms with E-state index in [4.69, 9.17) is 14.2 Å². The second kappa shape index (κ2) is 6.16. The number of methoxy groups -OCH3 is 1. The van der Waals surface area contributed by atoms with E-state index in [1.165, 1.54) is 19.2 Å². The molecular formula is C17H16FNO4. The summed E-state index contributed by atoms with van der Waals surface area (Å²) >= 11 is 0. The third-order valence-corrected chi connectivity index (χ3v) is 3.66. The van der Waals surface area contributed by atoms with Gasteiger partial charge < -0.3 is 19.5 Å². The Balaban J connectivity index is 1.73. The van der Waals surface area contributed by atoms with Gasteiger partial charge in [-0.05, 0) is 42.8 Å². The van der Waals surface area contributed by atoms with E-state index in [0.717, 1.165) is 0 Å². The number of nitrogens with one attached hydrogen (secondary N) is 1. The molecule has 1 heterocycles. The second-order valence-corrected chi connectivity index (χ2v) is 5.16. The van der Waals surface area contributed by atoms with Gasteiger partial charge in [0.25, 0.3) is 5.91 Å². The van der Waals surface area contributed by atoms with Gasteiger partial charge in [0.1, 0.15) is 0 Å². The monoisotopic (exact) mass is 317 g/mol. The highest BCUT2D eigenvalue weighted by Gasteiger charge is 2.18. The van der Waals surface area contributed by atoms with Crippen molar-refractivity contribution < 1.29 is 23.4 Å². The molecule has 1 atom stereocenters. The zero-order chi connectivity index (χ0) is 16.4. The zero-order valence-electron chi connectivity index (χ0n) is 12.8. The highest BCUT2D eigenvalue weighted by atomic mass is 19.1. The van der Waals surface area contributed by atoms with Crippen molar-refractivity contribution in [1.29, 1.82) is 0 Å². The van der Waals surface area contributed by atoms with Crippen molar-refractivity contribution in [2.24, 2.45) is 0 Å². The molecule has 0 unspecified atom stereocenters. The lowest BCUT2D eigenvalue weighted by Gasteiger charge is -2.15. The zero-order valence-corrected chi connectivity index (χ0v) is 12.8. The molecule has 0 bridgehead atoms. The fraction of sp³-hybridized carbons (Fsp3) is 0.235. The highest BCUT2D eigenvalue weighted by molar-refractivity contribution is 5.95. The topological polar surface area (TPSA) is 56.8 Å². The molecule has 0 aromatic heterocycles. The number of fused-ring (bicyclic) bond motifs is 1. The van der Waals surface area contributed by atoms with Crippen LogP contribution in [0.2, 0.25) is 0 Å². The van der Waals surface area contributed by atoms with Gasteiger partial charge in [0, 0.05) is 5.56 Å². The molecule has 23 heavy (non-hydrogen) atoms. The number of halogens is 1. The minimum Gasteiger partial charge on any atom is -0.494 e. The summed E-state index contributed by atoms with van der Waals surface area (Å²) in [5.74, 6) is 0.594. The molecule has 1 amide bonds. The van der Waals surface area contributed by atoms with Crippen LogP contribution in [0.5, 0.6) is 17.2 Å². The third kappa shape index (κ3) is 3.06. The van der Waals surface area contributed by atoms with Crippen LogP contribution in [-0.2, 0) is 0 Å². The number of hydrogen-bond acceptors (Lipinski definition) is 4. The minimum atomic E-state index is -0.464. The van der Waals surface area contributed by atoms with Gasteiger partial charge in [0.15, 0.2) is 23.1 Å². The Hall–Kier alpha value is -2.76. The van der Waals surface area contributed by atoms with Gasteiger partial charge in [0.05, 0.1) is 13.2 Å². The van der Waals surface area contributed by atoms with E-state index in [-0.39, 0.29) is 24.5 Å². The highest BCUT2D eigenvalue weighted by Crippen LogP contribution is 2.32. The first-order chi connectivity index (χ1) is 11.1. The summed E-state index contributed by atoms with van der Waals surface area (Å²) in [6.45, 7) is 1.94. The fourth-order valence-corrected chi connectivity index (χ4v) is 2.35. The van der Waals surface area contributed by atoms with Crippen LogP contribution >= 0.6 is 0 Å². The van der Waals surface area contributed by atoms with Gasteiger partial charge in [0.2, 0.25) is 6.79 Å². The van der Waals surface area contributed by atoms with E-state index < -0.39 is 5.82 Å². The van der Waals surface area contributed by atoms with Crippen molar-refractivity contribution in [3.63, 3.8) is 0 Å². The Bertz CT molecular complexity index is 747. The number of carbonyl (C=O) groups is 1. The molecule has 0 fully saturated rings. The maximum absolute atomic E-state index is 13.8. The van der Waals surface area contributed by atoms with Gasteiger partial charge in [-0.15, -0.1) is 0 Å². The Morgan fingerprint density at radius 1 is 1.22 bits per heavy atom. The van der Waals surface area contributed by atoms with E-state index in [9.17, 15) is 9.18 Å². The van der Waals surface area contributed by atoms with Crippen LogP contribution in [0, 0.1) is 5.82 Å². The Morgan fingerprint density at radius 3 is 2.74 bits per heavy atom. The molecule has 0 saturated heterocycles. The fourth-order valence-electron chi connectivity index (χ4n) is 2.35. The van der Waals surface area contributed by atoms with Crippen molar-refractivity contribution in [2.75, 3.05) is 13.9 Å². The van der Waals surface area contributed by atoms with Crippen molar-refractivity contribution in [3.05, 3.63) is 53.3 Å². The van der Waals surface area contributed by atoms with Crippen LogP contribution in [0.3, 0.4) is 0 Å². The SMILES string of the molecule is COc1ccc([C@@H](C)NC(=O)c2ccc3c(c2)OCO3)cc1F. The number of carbonyl (C=O) groups excluding carboxylic acids is 1. The van der Waals surface area contributed by atoms with E-state index in [0.29, 0.717) is 22.6 Å². The number of ether oxygens (including phenoxy) is 3. The average Bonchev–Trinajstić information content (AvgIpc) is 3.02. The van der Waals surface area contributed by atoms with Gasteiger partial charge in [-0.3, -0.25) is 4.79 Å². The molecule has 1 N–H and O–H groups in total. The molecule has 2 aromatic rings. The molecule has 0 aliphatic carbocycles. The summed E-state index contributed by atoms with van der Waals surface area (Å²) in [6, 6.07) is 9.22. The lowest BCUT2D eigenvalue weighted by atomic mass is 10.1. The maximum Gasteiger partial charge on any atom is 0.251 e. The summed E-state index contributed by atoms with van der Waals surface area (Å²) in [4.78, 5) is 12.3. The van der Waals surface area contributed by atoms with Crippen molar-refractivity contribution >= 4 is 5.91 Å². The van der Waals surface area contributed by atoms with Gasteiger partial charge in [-0.2, -0.15) is 0 Å². The molecule has 6 heteroatoms. The summed E-state index contributed by atoms with van der Waals surface area (Å²) in [6.07, 6.45) is 0. The number of hydrogen-bond donors (Lipinski definition) is 1. The van der Waals surface area contributed by atoms with E-state index in [1.54, 1.807) is 31.2 Å². The van der Waals surface area contributed by atoms with E-state index in [1.807, 2.05) is 0 Å². The van der Waals surface area contributed by atoms with E-state index >= 15 is 0 Å². The second-order valence-electron chi connectivity index (χ2n) is 5.16. The molecule has 0 spiro atoms. The predicted octanol–water partition coefficient (Wildman–Crippen LogP) is 3.05. The Labute approximate surface area is 133 Å². The quantitative estimate of drug-likeness (QED) is 0.941. The summed E-state index contributed by atoms with van der Waals surface area (Å²) in [5.41, 5.74) is 1.10. The molecule has 0 saturated carbocycles. The first-order valence-corrected chi connectivity index (χ1v) is 7.12. The number of rotatable bonds is 4. The Morgan fingerprint density at radius 2 is 2.00 bits per heavy atom. The predicted molar refractivity (Wildman–Crippen MR) is 81.4 cm³/mol. The molecule has 5 nitrogen and oxygen atoms in total. The molecule has 3 rings (SSSR count). The van der Waals surface area contributed by atoms with Crippen LogP contribution in [0.4, 0.5) is 4.39 Å². The molecule has 0 radical (unpaired) electrons.